The first-order chi connectivity index (χ1) is 7.62. The summed E-state index contributed by atoms with van der Waals surface area (Å²) in [5.74, 6) is 0. The molecule has 1 rings (SSSR count). The number of halogens is 2. The molecule has 1 unspecified atom stereocenters. The van der Waals surface area contributed by atoms with E-state index in [1.807, 2.05) is 0 Å². The minimum atomic E-state index is -0.971. The second kappa shape index (κ2) is 5.15. The van der Waals surface area contributed by atoms with Gasteiger partial charge in [0, 0.05) is 12.1 Å². The van der Waals surface area contributed by atoms with Crippen molar-refractivity contribution in [1.82, 2.24) is 5.32 Å². The van der Waals surface area contributed by atoms with Gasteiger partial charge in [-0.15, -0.1) is 0 Å². The van der Waals surface area contributed by atoms with E-state index < -0.39 is 5.60 Å². The molecule has 0 radical (unpaired) electrons. The highest BCUT2D eigenvalue weighted by Gasteiger charge is 2.25. The first kappa shape index (κ1) is 14.8. The third kappa shape index (κ3) is 4.47. The van der Waals surface area contributed by atoms with Crippen molar-refractivity contribution >= 4 is 23.2 Å². The van der Waals surface area contributed by atoms with Crippen LogP contribution >= 0.6 is 23.2 Å². The van der Waals surface area contributed by atoms with Crippen LogP contribution in [0.25, 0.3) is 0 Å². The maximum atomic E-state index is 10.4. The fourth-order valence-electron chi connectivity index (χ4n) is 1.37. The minimum absolute atomic E-state index is 0.0415. The highest BCUT2D eigenvalue weighted by atomic mass is 35.5. The molecule has 2 N–H and O–H groups in total. The average molecular weight is 276 g/mol. The SMILES string of the molecule is CC(C)(C)NCC(C)(O)c1ccc(Cl)c(Cl)c1. The molecule has 0 amide bonds. The van der Waals surface area contributed by atoms with Crippen LogP contribution in [0.15, 0.2) is 18.2 Å². The van der Waals surface area contributed by atoms with E-state index in [4.69, 9.17) is 23.2 Å². The Kier molecular flexibility index (Phi) is 4.48. The van der Waals surface area contributed by atoms with Crippen LogP contribution in [0.2, 0.25) is 10.0 Å². The Morgan fingerprint density at radius 2 is 1.71 bits per heavy atom. The van der Waals surface area contributed by atoms with Crippen LogP contribution in [0.4, 0.5) is 0 Å². The van der Waals surface area contributed by atoms with Crippen molar-refractivity contribution in [2.75, 3.05) is 6.54 Å². The molecule has 0 heterocycles. The molecule has 0 spiro atoms. The van der Waals surface area contributed by atoms with Gasteiger partial charge in [0.1, 0.15) is 0 Å². The van der Waals surface area contributed by atoms with E-state index >= 15 is 0 Å². The van der Waals surface area contributed by atoms with E-state index in [1.165, 1.54) is 0 Å². The maximum absolute atomic E-state index is 10.4. The summed E-state index contributed by atoms with van der Waals surface area (Å²) in [6.07, 6.45) is 0. The van der Waals surface area contributed by atoms with E-state index in [2.05, 4.69) is 26.1 Å². The number of benzene rings is 1. The van der Waals surface area contributed by atoms with Crippen LogP contribution in [0, 0.1) is 0 Å². The van der Waals surface area contributed by atoms with Crippen LogP contribution in [0.5, 0.6) is 0 Å². The summed E-state index contributed by atoms with van der Waals surface area (Å²) in [7, 11) is 0. The summed E-state index contributed by atoms with van der Waals surface area (Å²) in [5, 5.41) is 14.6. The van der Waals surface area contributed by atoms with Crippen molar-refractivity contribution in [3.63, 3.8) is 0 Å². The maximum Gasteiger partial charge on any atom is 0.0993 e. The monoisotopic (exact) mass is 275 g/mol. The molecule has 0 aromatic heterocycles. The van der Waals surface area contributed by atoms with E-state index in [1.54, 1.807) is 25.1 Å². The number of β-amino-alcohol motifs (C(OH)–C–C–N with tert-alkyl or cyclic N) is 1. The molecule has 17 heavy (non-hydrogen) atoms. The Morgan fingerprint density at radius 3 is 2.18 bits per heavy atom. The lowest BCUT2D eigenvalue weighted by Gasteiger charge is -2.30. The fraction of sp³-hybridized carbons (Fsp3) is 0.538. The molecular formula is C13H19Cl2NO. The third-order valence-corrected chi connectivity index (χ3v) is 3.24. The molecule has 1 aromatic carbocycles. The summed E-state index contributed by atoms with van der Waals surface area (Å²) in [5.41, 5.74) is -0.259. The molecule has 0 aliphatic heterocycles. The van der Waals surface area contributed by atoms with Crippen molar-refractivity contribution in [1.29, 1.82) is 0 Å². The second-order valence-corrected chi connectivity index (χ2v) is 6.32. The van der Waals surface area contributed by atoms with Gasteiger partial charge in [-0.05, 0) is 45.4 Å². The lowest BCUT2D eigenvalue weighted by atomic mass is 9.95. The average Bonchev–Trinajstić information content (AvgIpc) is 2.18. The van der Waals surface area contributed by atoms with Crippen molar-refractivity contribution in [2.24, 2.45) is 0 Å². The quantitative estimate of drug-likeness (QED) is 0.884. The van der Waals surface area contributed by atoms with E-state index in [-0.39, 0.29) is 5.54 Å². The molecule has 4 heteroatoms. The van der Waals surface area contributed by atoms with Gasteiger partial charge in [0.2, 0.25) is 0 Å². The third-order valence-electron chi connectivity index (χ3n) is 2.50. The summed E-state index contributed by atoms with van der Waals surface area (Å²) in [6.45, 7) is 8.37. The zero-order valence-corrected chi connectivity index (χ0v) is 12.2. The molecule has 0 aliphatic rings. The second-order valence-electron chi connectivity index (χ2n) is 5.51. The summed E-state index contributed by atoms with van der Waals surface area (Å²) >= 11 is 11.8. The van der Waals surface area contributed by atoms with E-state index in [0.717, 1.165) is 5.56 Å². The van der Waals surface area contributed by atoms with Gasteiger partial charge >= 0.3 is 0 Å². The predicted octanol–water partition coefficient (Wildman–Crippen LogP) is 3.59. The van der Waals surface area contributed by atoms with E-state index in [0.29, 0.717) is 16.6 Å². The van der Waals surface area contributed by atoms with Crippen molar-refractivity contribution in [3.8, 4) is 0 Å². The molecular weight excluding hydrogens is 257 g/mol. The Bertz CT molecular complexity index is 397. The molecule has 0 fully saturated rings. The van der Waals surface area contributed by atoms with Gasteiger partial charge < -0.3 is 10.4 Å². The number of hydrogen-bond acceptors (Lipinski definition) is 2. The minimum Gasteiger partial charge on any atom is -0.384 e. The lowest BCUT2D eigenvalue weighted by molar-refractivity contribution is 0.0502. The number of nitrogens with one attached hydrogen (secondary N) is 1. The smallest absolute Gasteiger partial charge is 0.0993 e. The highest BCUT2D eigenvalue weighted by molar-refractivity contribution is 6.42. The molecule has 0 bridgehead atoms. The van der Waals surface area contributed by atoms with Gasteiger partial charge in [0.05, 0.1) is 15.6 Å². The molecule has 0 aliphatic carbocycles. The van der Waals surface area contributed by atoms with Crippen LogP contribution in [0.3, 0.4) is 0 Å². The van der Waals surface area contributed by atoms with Gasteiger partial charge in [0.25, 0.3) is 0 Å². The standard InChI is InChI=1S/C13H19Cl2NO/c1-12(2,3)16-8-13(4,17)9-5-6-10(14)11(15)7-9/h5-7,16-17H,8H2,1-4H3. The largest absolute Gasteiger partial charge is 0.384 e. The normalized spacial score (nSPS) is 15.7. The Morgan fingerprint density at radius 1 is 1.12 bits per heavy atom. The number of aliphatic hydroxyl groups is 1. The van der Waals surface area contributed by atoms with Gasteiger partial charge in [-0.2, -0.15) is 0 Å². The molecule has 0 saturated carbocycles. The van der Waals surface area contributed by atoms with Crippen LogP contribution in [-0.4, -0.2) is 17.2 Å². The van der Waals surface area contributed by atoms with Crippen molar-refractivity contribution in [3.05, 3.63) is 33.8 Å². The van der Waals surface area contributed by atoms with Gasteiger partial charge in [0.15, 0.2) is 0 Å². The Hall–Kier alpha value is -0.280. The van der Waals surface area contributed by atoms with Crippen molar-refractivity contribution in [2.45, 2.75) is 38.8 Å². The molecule has 1 atom stereocenters. The zero-order chi connectivity index (χ0) is 13.3. The summed E-state index contributed by atoms with van der Waals surface area (Å²) in [4.78, 5) is 0. The van der Waals surface area contributed by atoms with E-state index in [9.17, 15) is 5.11 Å². The van der Waals surface area contributed by atoms with Crippen molar-refractivity contribution < 1.29 is 5.11 Å². The summed E-state index contributed by atoms with van der Waals surface area (Å²) in [6, 6.07) is 5.19. The fourth-order valence-corrected chi connectivity index (χ4v) is 1.67. The van der Waals surface area contributed by atoms with Gasteiger partial charge in [-0.25, -0.2) is 0 Å². The highest BCUT2D eigenvalue weighted by Crippen LogP contribution is 2.28. The molecule has 1 aromatic rings. The van der Waals surface area contributed by atoms with Gasteiger partial charge in [-0.1, -0.05) is 29.3 Å². The van der Waals surface area contributed by atoms with Gasteiger partial charge in [-0.3, -0.25) is 0 Å². The molecule has 2 nitrogen and oxygen atoms in total. The first-order valence-electron chi connectivity index (χ1n) is 5.55. The van der Waals surface area contributed by atoms with Crippen LogP contribution in [0.1, 0.15) is 33.3 Å². The number of hydrogen-bond donors (Lipinski definition) is 2. The Labute approximate surface area is 113 Å². The van der Waals surface area contributed by atoms with Crippen LogP contribution in [-0.2, 0) is 5.60 Å². The Balaban J connectivity index is 2.85. The first-order valence-corrected chi connectivity index (χ1v) is 6.30. The molecule has 96 valence electrons. The summed E-state index contributed by atoms with van der Waals surface area (Å²) < 4.78 is 0. The molecule has 0 saturated heterocycles. The zero-order valence-electron chi connectivity index (χ0n) is 10.6. The predicted molar refractivity (Wildman–Crippen MR) is 73.8 cm³/mol. The van der Waals surface area contributed by atoms with Crippen LogP contribution < -0.4 is 5.32 Å². The topological polar surface area (TPSA) is 32.3 Å². The lowest BCUT2D eigenvalue weighted by Crippen LogP contribution is -2.44. The number of rotatable bonds is 3.